The van der Waals surface area contributed by atoms with Gasteiger partial charge in [0.05, 0.1) is 23.4 Å². The van der Waals surface area contributed by atoms with Crippen molar-refractivity contribution in [2.45, 2.75) is 66.7 Å². The van der Waals surface area contributed by atoms with Crippen molar-refractivity contribution >= 4 is 44.6 Å². The molecule has 0 aliphatic carbocycles. The summed E-state index contributed by atoms with van der Waals surface area (Å²) in [5.74, 6) is -2.39. The lowest BCUT2D eigenvalue weighted by Gasteiger charge is -2.33. The van der Waals surface area contributed by atoms with Crippen LogP contribution in [0, 0.1) is 24.2 Å². The number of likely N-dealkylation sites (N-methyl/N-ethyl adjacent to an activating group) is 1. The molecule has 5 N–H and O–H groups in total. The second kappa shape index (κ2) is 12.6. The molecular weight excluding hydrogens is 546 g/mol. The van der Waals surface area contributed by atoms with Crippen LogP contribution >= 0.6 is 15.9 Å². The zero-order chi connectivity index (χ0) is 28.1. The first-order chi connectivity index (χ1) is 17.2. The Morgan fingerprint density at radius 3 is 2.35 bits per heavy atom. The van der Waals surface area contributed by atoms with Crippen molar-refractivity contribution in [2.24, 2.45) is 17.3 Å². The molecule has 0 aliphatic heterocycles. The molecule has 2 rings (SSSR count). The first kappa shape index (κ1) is 30.4. The highest BCUT2D eigenvalue weighted by Gasteiger charge is 2.39. The highest BCUT2D eigenvalue weighted by atomic mass is 79.9. The molecule has 0 saturated heterocycles. The summed E-state index contributed by atoms with van der Waals surface area (Å²) in [4.78, 5) is 58.0. The Bertz CT molecular complexity index is 1210. The van der Waals surface area contributed by atoms with Gasteiger partial charge in [0.1, 0.15) is 18.0 Å². The zero-order valence-corrected chi connectivity index (χ0v) is 23.8. The Labute approximate surface area is 224 Å². The average molecular weight is 582 g/mol. The topological polar surface area (TPSA) is 163 Å². The molecule has 0 fully saturated rings. The molecule has 12 heteroatoms. The number of hydrogen-bond donors (Lipinski definition) is 5. The van der Waals surface area contributed by atoms with Gasteiger partial charge in [0.25, 0.3) is 11.5 Å². The Morgan fingerprint density at radius 1 is 1.16 bits per heavy atom. The van der Waals surface area contributed by atoms with Gasteiger partial charge in [0.2, 0.25) is 11.8 Å². The second-order valence-corrected chi connectivity index (χ2v) is 11.3. The van der Waals surface area contributed by atoms with Gasteiger partial charge in [-0.05, 0) is 42.4 Å². The molecule has 204 valence electrons. The van der Waals surface area contributed by atoms with Gasteiger partial charge in [-0.25, -0.2) is 10.5 Å². The average Bonchev–Trinajstić information content (AvgIpc) is 2.80. The van der Waals surface area contributed by atoms with Crippen molar-refractivity contribution in [2.75, 3.05) is 7.05 Å². The summed E-state index contributed by atoms with van der Waals surface area (Å²) in [6, 6.07) is 2.40. The van der Waals surface area contributed by atoms with E-state index in [2.05, 4.69) is 36.5 Å². The monoisotopic (exact) mass is 581 g/mol. The fourth-order valence-corrected chi connectivity index (χ4v) is 4.44. The predicted octanol–water partition coefficient (Wildman–Crippen LogP) is 2.32. The van der Waals surface area contributed by atoms with Gasteiger partial charge in [-0.15, -0.1) is 0 Å². The number of hydroxylamine groups is 1. The number of aryl methyl sites for hydroxylation is 1. The van der Waals surface area contributed by atoms with Crippen LogP contribution in [0.1, 0.15) is 52.4 Å². The minimum Gasteiger partial charge on any atom is -0.363 e. The molecule has 2 aromatic rings. The van der Waals surface area contributed by atoms with Crippen LogP contribution in [0.25, 0.3) is 10.9 Å². The molecular formula is C25H36BrN5O6. The third kappa shape index (κ3) is 7.83. The number of nitrogens with one attached hydrogen (secondary N) is 4. The lowest BCUT2D eigenvalue weighted by Crippen LogP contribution is -2.56. The van der Waals surface area contributed by atoms with Crippen molar-refractivity contribution in [3.05, 3.63) is 38.3 Å². The first-order valence-corrected chi connectivity index (χ1v) is 12.7. The summed E-state index contributed by atoms with van der Waals surface area (Å²) in [7, 11) is 1.48. The van der Waals surface area contributed by atoms with Gasteiger partial charge in [-0.3, -0.25) is 24.4 Å². The minimum atomic E-state index is -1.38. The molecule has 0 radical (unpaired) electrons. The number of carbonyl (C=O) groups excluding carboxylic acids is 3. The van der Waals surface area contributed by atoms with E-state index in [1.165, 1.54) is 7.05 Å². The van der Waals surface area contributed by atoms with Gasteiger partial charge in [-0.2, -0.15) is 0 Å². The number of rotatable bonds is 10. The Hall–Kier alpha value is -2.83. The van der Waals surface area contributed by atoms with Crippen LogP contribution in [0.5, 0.6) is 0 Å². The molecule has 1 aromatic carbocycles. The maximum absolute atomic E-state index is 13.5. The number of hydrogen-bond acceptors (Lipinski definition) is 7. The fourth-order valence-electron chi connectivity index (χ4n) is 4.00. The van der Waals surface area contributed by atoms with E-state index >= 15 is 0 Å². The van der Waals surface area contributed by atoms with E-state index in [4.69, 9.17) is 4.74 Å². The van der Waals surface area contributed by atoms with Crippen molar-refractivity contribution in [3.8, 4) is 0 Å². The van der Waals surface area contributed by atoms with Gasteiger partial charge in [-0.1, -0.05) is 50.5 Å². The summed E-state index contributed by atoms with van der Waals surface area (Å²) < 4.78 is 6.51. The third-order valence-electron chi connectivity index (χ3n) is 5.87. The minimum absolute atomic E-state index is 0.0123. The molecule has 0 spiro atoms. The summed E-state index contributed by atoms with van der Waals surface area (Å²) in [5.41, 5.74) is 1.69. The largest absolute Gasteiger partial charge is 0.363 e. The van der Waals surface area contributed by atoms with Crippen LogP contribution < -0.4 is 21.7 Å². The summed E-state index contributed by atoms with van der Waals surface area (Å²) in [6.45, 7) is 10.7. The third-order valence-corrected chi connectivity index (χ3v) is 6.61. The number of aromatic amines is 1. The second-order valence-electron chi connectivity index (χ2n) is 10.5. The number of ether oxygens (including phenoxy) is 1. The Morgan fingerprint density at radius 2 is 1.81 bits per heavy atom. The molecule has 37 heavy (non-hydrogen) atoms. The molecule has 0 bridgehead atoms. The smallest absolute Gasteiger partial charge is 0.273 e. The van der Waals surface area contributed by atoms with E-state index in [0.29, 0.717) is 26.8 Å². The van der Waals surface area contributed by atoms with Crippen molar-refractivity contribution in [3.63, 3.8) is 0 Å². The van der Waals surface area contributed by atoms with Crippen LogP contribution in [0.3, 0.4) is 0 Å². The Balaban J connectivity index is 2.41. The highest BCUT2D eigenvalue weighted by molar-refractivity contribution is 9.10. The van der Waals surface area contributed by atoms with Crippen LogP contribution in [0.4, 0.5) is 0 Å². The molecule has 0 saturated carbocycles. The van der Waals surface area contributed by atoms with Gasteiger partial charge in [0, 0.05) is 11.5 Å². The number of aromatic nitrogens is 2. The molecule has 0 unspecified atom stereocenters. The normalized spacial score (nSPS) is 14.2. The number of fused-ring (bicyclic) bond motifs is 1. The van der Waals surface area contributed by atoms with E-state index in [1.54, 1.807) is 24.5 Å². The van der Waals surface area contributed by atoms with Crippen LogP contribution in [0.15, 0.2) is 21.4 Å². The maximum atomic E-state index is 13.5. The molecule has 3 amide bonds. The number of nitrogens with zero attached hydrogens (tertiary/aromatic N) is 1. The lowest BCUT2D eigenvalue weighted by atomic mass is 9.84. The van der Waals surface area contributed by atoms with E-state index in [-0.39, 0.29) is 30.4 Å². The van der Waals surface area contributed by atoms with Crippen LogP contribution in [0.2, 0.25) is 0 Å². The quantitative estimate of drug-likeness (QED) is 0.212. The van der Waals surface area contributed by atoms with E-state index in [9.17, 15) is 24.4 Å². The number of benzene rings is 1. The number of carbonyl (C=O) groups is 3. The summed E-state index contributed by atoms with van der Waals surface area (Å²) in [5, 5.41) is 15.1. The predicted molar refractivity (Wildman–Crippen MR) is 142 cm³/mol. The van der Waals surface area contributed by atoms with Crippen LogP contribution in [-0.4, -0.2) is 52.1 Å². The molecule has 1 heterocycles. The molecule has 3 atom stereocenters. The molecule has 11 nitrogen and oxygen atoms in total. The van der Waals surface area contributed by atoms with E-state index in [0.717, 1.165) is 0 Å². The molecule has 1 aromatic heterocycles. The van der Waals surface area contributed by atoms with Crippen molar-refractivity contribution < 1.29 is 24.3 Å². The van der Waals surface area contributed by atoms with Crippen molar-refractivity contribution in [1.29, 1.82) is 0 Å². The first-order valence-electron chi connectivity index (χ1n) is 12.0. The van der Waals surface area contributed by atoms with Gasteiger partial charge in [0.15, 0.2) is 0 Å². The van der Waals surface area contributed by atoms with E-state index < -0.39 is 35.3 Å². The SMILES string of the molecule is CNC(=O)[C@@H](NC(=O)[C@H](CC(C)C)[C@H](OCc1cc2c(=O)[nH]c(C)nc2cc1Br)C(=O)NO)C(C)(C)C. The molecule has 0 aliphatic rings. The van der Waals surface area contributed by atoms with Gasteiger partial charge >= 0.3 is 0 Å². The number of amides is 3. The Kier molecular flexibility index (Phi) is 10.4. The lowest BCUT2D eigenvalue weighted by molar-refractivity contribution is -0.153. The van der Waals surface area contributed by atoms with Gasteiger partial charge < -0.3 is 20.4 Å². The van der Waals surface area contributed by atoms with Crippen LogP contribution in [-0.2, 0) is 25.7 Å². The number of H-pyrrole nitrogens is 1. The number of halogens is 1. The standard InChI is InChI=1S/C25H36BrN5O6/c1-12(2)8-16(22(33)30-20(24(35)27-7)25(4,5)6)19(23(34)31-36)37-11-14-9-15-18(10-17(14)26)28-13(3)29-21(15)32/h9-10,12,16,19-20,36H,8,11H2,1-7H3,(H,27,35)(H,30,33)(H,31,34)(H,28,29,32)/t16-,19+,20-/m1/s1. The summed E-state index contributed by atoms with van der Waals surface area (Å²) >= 11 is 3.45. The van der Waals surface area contributed by atoms with E-state index in [1.807, 2.05) is 34.6 Å². The summed E-state index contributed by atoms with van der Waals surface area (Å²) in [6.07, 6.45) is -1.13. The fraction of sp³-hybridized carbons (Fsp3) is 0.560. The highest BCUT2D eigenvalue weighted by Crippen LogP contribution is 2.27. The van der Waals surface area contributed by atoms with Crippen molar-refractivity contribution in [1.82, 2.24) is 26.1 Å². The maximum Gasteiger partial charge on any atom is 0.273 e. The zero-order valence-electron chi connectivity index (χ0n) is 22.2.